The van der Waals surface area contributed by atoms with Crippen molar-refractivity contribution in [1.29, 1.82) is 0 Å². The van der Waals surface area contributed by atoms with Crippen LogP contribution in [0.5, 0.6) is 0 Å². The molecule has 0 unspecified atom stereocenters. The van der Waals surface area contributed by atoms with Crippen molar-refractivity contribution in [2.24, 2.45) is 5.92 Å². The van der Waals surface area contributed by atoms with Gasteiger partial charge in [-0.15, -0.1) is 0 Å². The summed E-state index contributed by atoms with van der Waals surface area (Å²) in [5.74, 6) is -0.428. The molecule has 0 aliphatic carbocycles. The Balaban J connectivity index is 2.35. The lowest BCUT2D eigenvalue weighted by Gasteiger charge is -2.28. The van der Waals surface area contributed by atoms with E-state index in [0.29, 0.717) is 13.2 Å². The predicted molar refractivity (Wildman–Crippen MR) is 79.7 cm³/mol. The molecule has 0 bridgehead atoms. The second-order valence-corrected chi connectivity index (χ2v) is 5.36. The molecule has 0 saturated carbocycles. The first-order valence-electron chi connectivity index (χ1n) is 7.15. The Bertz CT molecular complexity index is 530. The van der Waals surface area contributed by atoms with E-state index in [9.17, 15) is 9.59 Å². The number of ether oxygens (including phenoxy) is 1. The van der Waals surface area contributed by atoms with Gasteiger partial charge in [0, 0.05) is 27.1 Å². The smallest absolute Gasteiger partial charge is 0.225 e. The van der Waals surface area contributed by atoms with Gasteiger partial charge in [-0.05, 0) is 12.5 Å². The van der Waals surface area contributed by atoms with Crippen molar-refractivity contribution in [3.63, 3.8) is 0 Å². The molecule has 5 heteroatoms. The summed E-state index contributed by atoms with van der Waals surface area (Å²) in [4.78, 5) is 26.2. The van der Waals surface area contributed by atoms with Gasteiger partial charge in [-0.25, -0.2) is 0 Å². The van der Waals surface area contributed by atoms with Gasteiger partial charge in [0.25, 0.3) is 0 Å². The number of methoxy groups -OCH3 is 1. The van der Waals surface area contributed by atoms with Crippen molar-refractivity contribution in [3.05, 3.63) is 35.4 Å². The van der Waals surface area contributed by atoms with Gasteiger partial charge in [-0.2, -0.15) is 0 Å². The van der Waals surface area contributed by atoms with Crippen LogP contribution in [0.2, 0.25) is 0 Å². The fourth-order valence-corrected chi connectivity index (χ4v) is 2.93. The van der Waals surface area contributed by atoms with Gasteiger partial charge >= 0.3 is 0 Å². The highest BCUT2D eigenvalue weighted by Crippen LogP contribution is 2.38. The minimum atomic E-state index is -0.346. The van der Waals surface area contributed by atoms with Gasteiger partial charge < -0.3 is 15.0 Å². The van der Waals surface area contributed by atoms with Gasteiger partial charge in [0.1, 0.15) is 0 Å². The van der Waals surface area contributed by atoms with Crippen LogP contribution in [-0.4, -0.2) is 44.0 Å². The fraction of sp³-hybridized carbons (Fsp3) is 0.500. The third-order valence-corrected chi connectivity index (χ3v) is 3.93. The Morgan fingerprint density at radius 1 is 1.48 bits per heavy atom. The van der Waals surface area contributed by atoms with E-state index in [1.54, 1.807) is 19.1 Å². The van der Waals surface area contributed by atoms with Gasteiger partial charge in [0.05, 0.1) is 18.6 Å². The minimum Gasteiger partial charge on any atom is -0.383 e. The standard InChI is InChI=1S/C16H22N2O3/c1-11-5-4-6-12(9-11)15-13(16(20)17-2)10-14(19)18(15)7-8-21-3/h4-6,9,13,15H,7-8,10H2,1-3H3,(H,17,20)/t13-,15+/m1/s1. The predicted octanol–water partition coefficient (Wildman–Crippen LogP) is 1.28. The van der Waals surface area contributed by atoms with E-state index in [-0.39, 0.29) is 30.2 Å². The van der Waals surface area contributed by atoms with Crippen molar-refractivity contribution in [2.75, 3.05) is 27.3 Å². The molecule has 0 aromatic heterocycles. The van der Waals surface area contributed by atoms with Crippen LogP contribution in [0.4, 0.5) is 0 Å². The molecule has 2 amide bonds. The second kappa shape index (κ2) is 6.72. The molecule has 2 atom stereocenters. The van der Waals surface area contributed by atoms with E-state index in [4.69, 9.17) is 4.74 Å². The number of hydrogen-bond acceptors (Lipinski definition) is 3. The Labute approximate surface area is 125 Å². The maximum absolute atomic E-state index is 12.3. The largest absolute Gasteiger partial charge is 0.383 e. The number of carbonyl (C=O) groups excluding carboxylic acids is 2. The number of benzene rings is 1. The molecular formula is C16H22N2O3. The SMILES string of the molecule is CNC(=O)[C@@H]1CC(=O)N(CCOC)[C@H]1c1cccc(C)c1. The van der Waals surface area contributed by atoms with Crippen molar-refractivity contribution in [3.8, 4) is 0 Å². The molecular weight excluding hydrogens is 268 g/mol. The highest BCUT2D eigenvalue weighted by molar-refractivity contribution is 5.90. The number of amides is 2. The van der Waals surface area contributed by atoms with E-state index in [1.165, 1.54) is 0 Å². The summed E-state index contributed by atoms with van der Waals surface area (Å²) < 4.78 is 5.09. The van der Waals surface area contributed by atoms with Crippen molar-refractivity contribution >= 4 is 11.8 Å². The van der Waals surface area contributed by atoms with E-state index >= 15 is 0 Å². The normalized spacial score (nSPS) is 21.7. The fourth-order valence-electron chi connectivity index (χ4n) is 2.93. The third-order valence-electron chi connectivity index (χ3n) is 3.93. The molecule has 0 spiro atoms. The highest BCUT2D eigenvalue weighted by atomic mass is 16.5. The van der Waals surface area contributed by atoms with E-state index in [1.807, 2.05) is 31.2 Å². The van der Waals surface area contributed by atoms with Gasteiger partial charge in [0.15, 0.2) is 0 Å². The number of aryl methyl sites for hydroxylation is 1. The zero-order valence-corrected chi connectivity index (χ0v) is 12.8. The Morgan fingerprint density at radius 2 is 2.24 bits per heavy atom. The lowest BCUT2D eigenvalue weighted by molar-refractivity contribution is -0.129. The summed E-state index contributed by atoms with van der Waals surface area (Å²) in [6, 6.07) is 7.77. The Morgan fingerprint density at radius 3 is 2.86 bits per heavy atom. The van der Waals surface area contributed by atoms with Crippen LogP contribution in [0, 0.1) is 12.8 Å². The first-order chi connectivity index (χ1) is 10.1. The quantitative estimate of drug-likeness (QED) is 0.888. The summed E-state index contributed by atoms with van der Waals surface area (Å²) in [6.45, 7) is 2.98. The van der Waals surface area contributed by atoms with Crippen molar-refractivity contribution in [1.82, 2.24) is 10.2 Å². The van der Waals surface area contributed by atoms with E-state index in [2.05, 4.69) is 5.32 Å². The van der Waals surface area contributed by atoms with Crippen LogP contribution in [0.1, 0.15) is 23.6 Å². The molecule has 1 aromatic rings. The van der Waals surface area contributed by atoms with Crippen LogP contribution >= 0.6 is 0 Å². The molecule has 0 radical (unpaired) electrons. The van der Waals surface area contributed by atoms with Crippen LogP contribution in [0.15, 0.2) is 24.3 Å². The number of nitrogens with zero attached hydrogens (tertiary/aromatic N) is 1. The molecule has 1 heterocycles. The van der Waals surface area contributed by atoms with Gasteiger partial charge in [0.2, 0.25) is 11.8 Å². The molecule has 21 heavy (non-hydrogen) atoms. The highest BCUT2D eigenvalue weighted by Gasteiger charge is 2.43. The zero-order valence-electron chi connectivity index (χ0n) is 12.8. The van der Waals surface area contributed by atoms with Gasteiger partial charge in [-0.1, -0.05) is 29.8 Å². The number of carbonyl (C=O) groups is 2. The first kappa shape index (κ1) is 15.5. The second-order valence-electron chi connectivity index (χ2n) is 5.36. The molecule has 5 nitrogen and oxygen atoms in total. The number of likely N-dealkylation sites (tertiary alicyclic amines) is 1. The maximum Gasteiger partial charge on any atom is 0.225 e. The van der Waals surface area contributed by atoms with Crippen LogP contribution in [-0.2, 0) is 14.3 Å². The monoisotopic (exact) mass is 290 g/mol. The molecule has 1 fully saturated rings. The summed E-state index contributed by atoms with van der Waals surface area (Å²) >= 11 is 0. The lowest BCUT2D eigenvalue weighted by atomic mass is 9.92. The van der Waals surface area contributed by atoms with E-state index in [0.717, 1.165) is 11.1 Å². The average molecular weight is 290 g/mol. The zero-order chi connectivity index (χ0) is 15.4. The van der Waals surface area contributed by atoms with Crippen LogP contribution < -0.4 is 5.32 Å². The lowest BCUT2D eigenvalue weighted by Crippen LogP contribution is -2.35. The molecule has 1 N–H and O–H groups in total. The average Bonchev–Trinajstić information content (AvgIpc) is 2.81. The van der Waals surface area contributed by atoms with Crippen LogP contribution in [0.3, 0.4) is 0 Å². The maximum atomic E-state index is 12.3. The first-order valence-corrected chi connectivity index (χ1v) is 7.15. The molecule has 2 rings (SSSR count). The molecule has 1 aromatic carbocycles. The van der Waals surface area contributed by atoms with Crippen molar-refractivity contribution in [2.45, 2.75) is 19.4 Å². The Kier molecular flexibility index (Phi) is 4.96. The van der Waals surface area contributed by atoms with Crippen molar-refractivity contribution < 1.29 is 14.3 Å². The molecule has 1 aliphatic rings. The third kappa shape index (κ3) is 3.24. The summed E-state index contributed by atoms with van der Waals surface area (Å²) in [5, 5.41) is 2.67. The number of nitrogens with one attached hydrogen (secondary N) is 1. The van der Waals surface area contributed by atoms with E-state index < -0.39 is 0 Å². The minimum absolute atomic E-state index is 0.00663. The molecule has 1 aliphatic heterocycles. The number of hydrogen-bond donors (Lipinski definition) is 1. The number of rotatable bonds is 5. The summed E-state index contributed by atoms with van der Waals surface area (Å²) in [6.07, 6.45) is 0.252. The summed E-state index contributed by atoms with van der Waals surface area (Å²) in [5.41, 5.74) is 2.12. The van der Waals surface area contributed by atoms with Crippen LogP contribution in [0.25, 0.3) is 0 Å². The van der Waals surface area contributed by atoms with Gasteiger partial charge in [-0.3, -0.25) is 9.59 Å². The Hall–Kier alpha value is -1.88. The summed E-state index contributed by atoms with van der Waals surface area (Å²) in [7, 11) is 3.22. The topological polar surface area (TPSA) is 58.6 Å². The molecule has 1 saturated heterocycles. The molecule has 114 valence electrons.